The smallest absolute Gasteiger partial charge is 0.138 e. The van der Waals surface area contributed by atoms with Gasteiger partial charge in [-0.25, -0.2) is 0 Å². The lowest BCUT2D eigenvalue weighted by molar-refractivity contribution is -0.0114. The van der Waals surface area contributed by atoms with Crippen LogP contribution in [0.15, 0.2) is 12.2 Å². The SMILES string of the molecule is [C]1OCCCC1C1CC=CCO1. The zero-order chi connectivity index (χ0) is 8.23. The maximum absolute atomic E-state index is 5.59. The van der Waals surface area contributed by atoms with Gasteiger partial charge in [-0.3, -0.25) is 0 Å². The summed E-state index contributed by atoms with van der Waals surface area (Å²) in [5.74, 6) is 0.392. The van der Waals surface area contributed by atoms with Crippen molar-refractivity contribution in [1.29, 1.82) is 0 Å². The summed E-state index contributed by atoms with van der Waals surface area (Å²) < 4.78 is 10.8. The van der Waals surface area contributed by atoms with E-state index >= 15 is 0 Å². The van der Waals surface area contributed by atoms with E-state index in [1.807, 2.05) is 0 Å². The van der Waals surface area contributed by atoms with Crippen molar-refractivity contribution in [1.82, 2.24) is 0 Å². The Morgan fingerprint density at radius 3 is 3.00 bits per heavy atom. The second kappa shape index (κ2) is 4.06. The molecular formula is C10H14O2. The molecule has 0 aromatic heterocycles. The zero-order valence-electron chi connectivity index (χ0n) is 7.16. The van der Waals surface area contributed by atoms with E-state index in [1.54, 1.807) is 0 Å². The van der Waals surface area contributed by atoms with Gasteiger partial charge in [0.25, 0.3) is 0 Å². The molecule has 0 aliphatic carbocycles. The zero-order valence-corrected chi connectivity index (χ0v) is 7.16. The van der Waals surface area contributed by atoms with Crippen LogP contribution in [0.3, 0.4) is 0 Å². The Hall–Kier alpha value is -0.340. The van der Waals surface area contributed by atoms with Gasteiger partial charge in [-0.15, -0.1) is 0 Å². The maximum Gasteiger partial charge on any atom is 0.138 e. The van der Waals surface area contributed by atoms with Crippen molar-refractivity contribution in [3.05, 3.63) is 18.8 Å². The van der Waals surface area contributed by atoms with Gasteiger partial charge in [-0.05, 0) is 19.3 Å². The second-order valence-corrected chi connectivity index (χ2v) is 3.29. The van der Waals surface area contributed by atoms with Crippen molar-refractivity contribution in [3.63, 3.8) is 0 Å². The number of ether oxygens (including phenoxy) is 2. The fourth-order valence-electron chi connectivity index (χ4n) is 1.69. The van der Waals surface area contributed by atoms with Gasteiger partial charge in [0.1, 0.15) is 6.61 Å². The highest BCUT2D eigenvalue weighted by molar-refractivity contribution is 4.93. The Labute approximate surface area is 73.5 Å². The average Bonchev–Trinajstić information content (AvgIpc) is 2.21. The largest absolute Gasteiger partial charge is 0.373 e. The summed E-state index contributed by atoms with van der Waals surface area (Å²) in [5.41, 5.74) is 0. The quantitative estimate of drug-likeness (QED) is 0.553. The van der Waals surface area contributed by atoms with Crippen molar-refractivity contribution in [3.8, 4) is 0 Å². The average molecular weight is 166 g/mol. The molecular weight excluding hydrogens is 152 g/mol. The van der Waals surface area contributed by atoms with E-state index in [-0.39, 0.29) is 0 Å². The minimum Gasteiger partial charge on any atom is -0.373 e. The molecule has 2 aliphatic heterocycles. The molecule has 2 radical (unpaired) electrons. The maximum atomic E-state index is 5.59. The molecule has 0 amide bonds. The van der Waals surface area contributed by atoms with Crippen LogP contribution in [0.2, 0.25) is 0 Å². The first-order chi connectivity index (χ1) is 5.97. The molecule has 66 valence electrons. The molecule has 0 aromatic rings. The van der Waals surface area contributed by atoms with Gasteiger partial charge in [0, 0.05) is 12.5 Å². The van der Waals surface area contributed by atoms with E-state index in [4.69, 9.17) is 9.47 Å². The molecule has 0 N–H and O–H groups in total. The molecule has 2 heterocycles. The first kappa shape index (κ1) is 8.27. The van der Waals surface area contributed by atoms with Gasteiger partial charge in [-0.1, -0.05) is 12.2 Å². The van der Waals surface area contributed by atoms with Gasteiger partial charge in [0.15, 0.2) is 0 Å². The van der Waals surface area contributed by atoms with E-state index < -0.39 is 0 Å². The third kappa shape index (κ3) is 1.87. The molecule has 0 aromatic carbocycles. The van der Waals surface area contributed by atoms with Crippen molar-refractivity contribution in [2.75, 3.05) is 13.2 Å². The summed E-state index contributed by atoms with van der Waals surface area (Å²) in [6, 6.07) is 0. The first-order valence-electron chi connectivity index (χ1n) is 4.61. The van der Waals surface area contributed by atoms with Crippen LogP contribution in [0.25, 0.3) is 0 Å². The highest BCUT2D eigenvalue weighted by atomic mass is 16.5. The van der Waals surface area contributed by atoms with Crippen molar-refractivity contribution >= 4 is 0 Å². The fraction of sp³-hybridized carbons (Fsp3) is 0.700. The minimum absolute atomic E-state index is 0.315. The molecule has 12 heavy (non-hydrogen) atoms. The van der Waals surface area contributed by atoms with Crippen LogP contribution >= 0.6 is 0 Å². The predicted octanol–water partition coefficient (Wildman–Crippen LogP) is 1.80. The van der Waals surface area contributed by atoms with E-state index in [2.05, 4.69) is 18.8 Å². The Morgan fingerprint density at radius 1 is 1.33 bits per heavy atom. The summed E-state index contributed by atoms with van der Waals surface area (Å²) >= 11 is 0. The Bertz CT molecular complexity index is 159. The van der Waals surface area contributed by atoms with Gasteiger partial charge < -0.3 is 9.47 Å². The van der Waals surface area contributed by atoms with E-state index in [0.29, 0.717) is 12.0 Å². The Kier molecular flexibility index (Phi) is 2.79. The second-order valence-electron chi connectivity index (χ2n) is 3.29. The van der Waals surface area contributed by atoms with E-state index in [1.165, 1.54) is 6.42 Å². The first-order valence-corrected chi connectivity index (χ1v) is 4.61. The normalized spacial score (nSPS) is 36.7. The molecule has 2 heteroatoms. The minimum atomic E-state index is 0.315. The summed E-state index contributed by atoms with van der Waals surface area (Å²) in [6.07, 6.45) is 7.89. The van der Waals surface area contributed by atoms with Crippen LogP contribution in [0.4, 0.5) is 0 Å². The number of hydrogen-bond acceptors (Lipinski definition) is 2. The molecule has 1 saturated heterocycles. The molecule has 2 aliphatic rings. The van der Waals surface area contributed by atoms with Crippen LogP contribution < -0.4 is 0 Å². The summed E-state index contributed by atoms with van der Waals surface area (Å²) in [6.45, 7) is 4.62. The van der Waals surface area contributed by atoms with Crippen LogP contribution in [0, 0.1) is 12.5 Å². The van der Waals surface area contributed by atoms with Crippen LogP contribution in [0.5, 0.6) is 0 Å². The fourth-order valence-corrected chi connectivity index (χ4v) is 1.69. The van der Waals surface area contributed by atoms with Gasteiger partial charge >= 0.3 is 0 Å². The van der Waals surface area contributed by atoms with Crippen LogP contribution in [-0.4, -0.2) is 19.3 Å². The van der Waals surface area contributed by atoms with Crippen molar-refractivity contribution < 1.29 is 9.47 Å². The third-order valence-electron chi connectivity index (χ3n) is 2.39. The monoisotopic (exact) mass is 166 g/mol. The van der Waals surface area contributed by atoms with E-state index in [9.17, 15) is 0 Å². The van der Waals surface area contributed by atoms with Crippen LogP contribution in [-0.2, 0) is 9.47 Å². The summed E-state index contributed by atoms with van der Waals surface area (Å²) in [4.78, 5) is 0. The molecule has 2 unspecified atom stereocenters. The van der Waals surface area contributed by atoms with Gasteiger partial charge in [-0.2, -0.15) is 0 Å². The topological polar surface area (TPSA) is 18.5 Å². The van der Waals surface area contributed by atoms with Gasteiger partial charge in [0.2, 0.25) is 0 Å². The lowest BCUT2D eigenvalue weighted by Crippen LogP contribution is -2.29. The standard InChI is InChI=1S/C10H14O2/c1-2-7-12-10(5-1)9-4-3-6-11-8-9/h1-2,9-10H,3-7H2. The molecule has 2 rings (SSSR count). The lowest BCUT2D eigenvalue weighted by Gasteiger charge is -2.29. The number of hydrogen-bond donors (Lipinski definition) is 0. The summed E-state index contributed by atoms with van der Waals surface area (Å²) in [7, 11) is 0. The lowest BCUT2D eigenvalue weighted by atomic mass is 9.93. The van der Waals surface area contributed by atoms with Gasteiger partial charge in [0.05, 0.1) is 12.7 Å². The molecule has 2 atom stereocenters. The van der Waals surface area contributed by atoms with Crippen molar-refractivity contribution in [2.45, 2.75) is 25.4 Å². The molecule has 0 bridgehead atoms. The molecule has 0 spiro atoms. The molecule has 0 saturated carbocycles. The predicted molar refractivity (Wildman–Crippen MR) is 45.4 cm³/mol. The molecule has 1 fully saturated rings. The highest BCUT2D eigenvalue weighted by Gasteiger charge is 2.25. The molecule has 2 nitrogen and oxygen atoms in total. The number of rotatable bonds is 1. The van der Waals surface area contributed by atoms with Crippen molar-refractivity contribution in [2.24, 2.45) is 5.92 Å². The summed E-state index contributed by atoms with van der Waals surface area (Å²) in [5, 5.41) is 0. The van der Waals surface area contributed by atoms with Crippen LogP contribution in [0.1, 0.15) is 19.3 Å². The Balaban J connectivity index is 1.85. The highest BCUT2D eigenvalue weighted by Crippen LogP contribution is 2.26. The van der Waals surface area contributed by atoms with E-state index in [0.717, 1.165) is 26.1 Å². The Morgan fingerprint density at radius 2 is 2.33 bits per heavy atom. The third-order valence-corrected chi connectivity index (χ3v) is 2.39.